The van der Waals surface area contributed by atoms with Crippen molar-refractivity contribution in [3.63, 3.8) is 0 Å². The van der Waals surface area contributed by atoms with Crippen molar-refractivity contribution in [2.45, 2.75) is 6.42 Å². The van der Waals surface area contributed by atoms with Gasteiger partial charge in [-0.25, -0.2) is 4.98 Å². The van der Waals surface area contributed by atoms with E-state index >= 15 is 0 Å². The number of fused-ring (bicyclic) bond motifs is 1. The van der Waals surface area contributed by atoms with E-state index in [2.05, 4.69) is 10.1 Å². The van der Waals surface area contributed by atoms with Crippen molar-refractivity contribution < 1.29 is 4.74 Å². The Kier molecular flexibility index (Phi) is 3.09. The van der Waals surface area contributed by atoms with Gasteiger partial charge in [-0.3, -0.25) is 0 Å². The summed E-state index contributed by atoms with van der Waals surface area (Å²) in [6.45, 7) is 0. The SMILES string of the molecule is COc1cccc2nc(Cc3ccccc3Cl)nn12. The Morgan fingerprint density at radius 1 is 1.16 bits per heavy atom. The zero-order chi connectivity index (χ0) is 13.2. The molecule has 0 aliphatic carbocycles. The van der Waals surface area contributed by atoms with Gasteiger partial charge in [0.1, 0.15) is 0 Å². The van der Waals surface area contributed by atoms with E-state index in [0.717, 1.165) is 22.1 Å². The third kappa shape index (κ3) is 2.27. The van der Waals surface area contributed by atoms with Gasteiger partial charge in [0.05, 0.1) is 7.11 Å². The highest BCUT2D eigenvalue weighted by Gasteiger charge is 2.09. The molecule has 0 atom stereocenters. The Balaban J connectivity index is 2.00. The second kappa shape index (κ2) is 4.90. The Labute approximate surface area is 115 Å². The predicted octanol–water partition coefficient (Wildman–Crippen LogP) is 2.98. The molecule has 0 saturated carbocycles. The number of nitrogens with zero attached hydrogens (tertiary/aromatic N) is 3. The molecule has 0 saturated heterocycles. The first-order chi connectivity index (χ1) is 9.28. The Bertz CT molecular complexity index is 724. The molecule has 0 spiro atoms. The van der Waals surface area contributed by atoms with Crippen LogP contribution in [0.15, 0.2) is 42.5 Å². The number of halogens is 1. The molecule has 0 unspecified atom stereocenters. The second-order valence-corrected chi connectivity index (χ2v) is 4.54. The van der Waals surface area contributed by atoms with Gasteiger partial charge in [0.25, 0.3) is 0 Å². The summed E-state index contributed by atoms with van der Waals surface area (Å²) in [6, 6.07) is 13.3. The number of hydrogen-bond acceptors (Lipinski definition) is 3. The van der Waals surface area contributed by atoms with E-state index in [0.29, 0.717) is 12.3 Å². The molecule has 0 fully saturated rings. The van der Waals surface area contributed by atoms with Crippen LogP contribution in [0.2, 0.25) is 5.02 Å². The molecule has 4 nitrogen and oxygen atoms in total. The van der Waals surface area contributed by atoms with Gasteiger partial charge in [-0.1, -0.05) is 35.9 Å². The monoisotopic (exact) mass is 273 g/mol. The lowest BCUT2D eigenvalue weighted by molar-refractivity contribution is 0.385. The van der Waals surface area contributed by atoms with Crippen molar-refractivity contribution in [3.8, 4) is 5.88 Å². The zero-order valence-electron chi connectivity index (χ0n) is 10.4. The summed E-state index contributed by atoms with van der Waals surface area (Å²) in [7, 11) is 1.62. The zero-order valence-corrected chi connectivity index (χ0v) is 11.1. The summed E-state index contributed by atoms with van der Waals surface area (Å²) in [5.41, 5.74) is 1.78. The molecule has 0 aliphatic rings. The first kappa shape index (κ1) is 12.0. The third-order valence-corrected chi connectivity index (χ3v) is 3.25. The molecule has 2 heterocycles. The lowest BCUT2D eigenvalue weighted by atomic mass is 10.1. The fourth-order valence-electron chi connectivity index (χ4n) is 1.97. The Morgan fingerprint density at radius 3 is 2.79 bits per heavy atom. The van der Waals surface area contributed by atoms with Crippen molar-refractivity contribution >= 4 is 17.2 Å². The quantitative estimate of drug-likeness (QED) is 0.736. The molecule has 0 bridgehead atoms. The minimum atomic E-state index is 0.602. The van der Waals surface area contributed by atoms with E-state index in [1.54, 1.807) is 11.6 Å². The predicted molar refractivity (Wildman–Crippen MR) is 73.8 cm³/mol. The van der Waals surface area contributed by atoms with Gasteiger partial charge in [0.2, 0.25) is 5.88 Å². The van der Waals surface area contributed by atoms with Crippen LogP contribution in [0, 0.1) is 0 Å². The summed E-state index contributed by atoms with van der Waals surface area (Å²) >= 11 is 6.14. The molecular weight excluding hydrogens is 262 g/mol. The van der Waals surface area contributed by atoms with Gasteiger partial charge in [0, 0.05) is 17.5 Å². The van der Waals surface area contributed by atoms with Gasteiger partial charge in [-0.15, -0.1) is 5.10 Å². The van der Waals surface area contributed by atoms with Crippen LogP contribution in [-0.2, 0) is 6.42 Å². The average Bonchev–Trinajstić information content (AvgIpc) is 2.83. The molecule has 19 heavy (non-hydrogen) atoms. The first-order valence-corrected chi connectivity index (χ1v) is 6.28. The second-order valence-electron chi connectivity index (χ2n) is 4.13. The molecule has 2 aromatic heterocycles. The van der Waals surface area contributed by atoms with Crippen LogP contribution < -0.4 is 4.74 Å². The van der Waals surface area contributed by atoms with Crippen LogP contribution in [0.4, 0.5) is 0 Å². The molecule has 0 amide bonds. The van der Waals surface area contributed by atoms with Crippen molar-refractivity contribution in [1.82, 2.24) is 14.6 Å². The number of benzene rings is 1. The van der Waals surface area contributed by atoms with E-state index in [4.69, 9.17) is 16.3 Å². The molecule has 3 aromatic rings. The standard InChI is InChI=1S/C14H12ClN3O/c1-19-14-8-4-7-13-16-12(17-18(13)14)9-10-5-2-3-6-11(10)15/h2-8H,9H2,1H3. The highest BCUT2D eigenvalue weighted by atomic mass is 35.5. The Hall–Kier alpha value is -2.07. The maximum atomic E-state index is 6.14. The maximum Gasteiger partial charge on any atom is 0.216 e. The van der Waals surface area contributed by atoms with Crippen LogP contribution in [0.25, 0.3) is 5.65 Å². The number of hydrogen-bond donors (Lipinski definition) is 0. The van der Waals surface area contributed by atoms with Gasteiger partial charge in [-0.05, 0) is 17.7 Å². The summed E-state index contributed by atoms with van der Waals surface area (Å²) in [5.74, 6) is 1.38. The number of aromatic nitrogens is 3. The fourth-order valence-corrected chi connectivity index (χ4v) is 2.17. The van der Waals surface area contributed by atoms with Crippen LogP contribution >= 0.6 is 11.6 Å². The van der Waals surface area contributed by atoms with E-state index in [1.807, 2.05) is 42.5 Å². The summed E-state index contributed by atoms with van der Waals surface area (Å²) in [5, 5.41) is 5.17. The van der Waals surface area contributed by atoms with E-state index in [1.165, 1.54) is 0 Å². The summed E-state index contributed by atoms with van der Waals surface area (Å²) < 4.78 is 6.94. The molecule has 0 radical (unpaired) electrons. The number of methoxy groups -OCH3 is 1. The fraction of sp³-hybridized carbons (Fsp3) is 0.143. The lowest BCUT2D eigenvalue weighted by Crippen LogP contribution is -1.96. The van der Waals surface area contributed by atoms with Crippen molar-refractivity contribution in [2.24, 2.45) is 0 Å². The number of ether oxygens (including phenoxy) is 1. The molecule has 3 rings (SSSR count). The van der Waals surface area contributed by atoms with Gasteiger partial charge in [-0.2, -0.15) is 4.52 Å². The number of rotatable bonds is 3. The van der Waals surface area contributed by atoms with Gasteiger partial charge >= 0.3 is 0 Å². The van der Waals surface area contributed by atoms with E-state index in [9.17, 15) is 0 Å². The number of pyridine rings is 1. The normalized spacial score (nSPS) is 10.8. The van der Waals surface area contributed by atoms with Crippen molar-refractivity contribution in [1.29, 1.82) is 0 Å². The van der Waals surface area contributed by atoms with E-state index in [-0.39, 0.29) is 0 Å². The molecule has 1 aromatic carbocycles. The highest BCUT2D eigenvalue weighted by molar-refractivity contribution is 6.31. The maximum absolute atomic E-state index is 6.14. The third-order valence-electron chi connectivity index (χ3n) is 2.88. The Morgan fingerprint density at radius 2 is 2.00 bits per heavy atom. The average molecular weight is 274 g/mol. The molecule has 0 aliphatic heterocycles. The van der Waals surface area contributed by atoms with Crippen LogP contribution in [-0.4, -0.2) is 21.7 Å². The molecule has 5 heteroatoms. The summed E-state index contributed by atoms with van der Waals surface area (Å²) in [6.07, 6.45) is 0.602. The molecular formula is C14H12ClN3O. The molecule has 96 valence electrons. The van der Waals surface area contributed by atoms with Gasteiger partial charge in [0.15, 0.2) is 11.5 Å². The van der Waals surface area contributed by atoms with Crippen LogP contribution in [0.5, 0.6) is 5.88 Å². The highest BCUT2D eigenvalue weighted by Crippen LogP contribution is 2.19. The van der Waals surface area contributed by atoms with E-state index < -0.39 is 0 Å². The van der Waals surface area contributed by atoms with Gasteiger partial charge < -0.3 is 4.74 Å². The minimum absolute atomic E-state index is 0.602. The topological polar surface area (TPSA) is 39.4 Å². The minimum Gasteiger partial charge on any atom is -0.481 e. The lowest BCUT2D eigenvalue weighted by Gasteiger charge is -2.00. The molecule has 0 N–H and O–H groups in total. The van der Waals surface area contributed by atoms with Crippen LogP contribution in [0.3, 0.4) is 0 Å². The van der Waals surface area contributed by atoms with Crippen LogP contribution in [0.1, 0.15) is 11.4 Å². The smallest absolute Gasteiger partial charge is 0.216 e. The largest absolute Gasteiger partial charge is 0.481 e. The first-order valence-electron chi connectivity index (χ1n) is 5.90. The summed E-state index contributed by atoms with van der Waals surface area (Å²) in [4.78, 5) is 4.47. The van der Waals surface area contributed by atoms with Crippen molar-refractivity contribution in [2.75, 3.05) is 7.11 Å². The van der Waals surface area contributed by atoms with Crippen molar-refractivity contribution in [3.05, 3.63) is 58.9 Å².